The van der Waals surface area contributed by atoms with Gasteiger partial charge >= 0.3 is 0 Å². The van der Waals surface area contributed by atoms with Crippen LogP contribution in [-0.2, 0) is 0 Å². The van der Waals surface area contributed by atoms with Gasteiger partial charge in [-0.05, 0) is 42.5 Å². The minimum Gasteiger partial charge on any atom is -0.497 e. The Morgan fingerprint density at radius 3 is 2.48 bits per heavy atom. The molecule has 5 heteroatoms. The van der Waals surface area contributed by atoms with Crippen LogP contribution in [0.4, 0.5) is 0 Å². The second-order valence-corrected chi connectivity index (χ2v) is 6.45. The number of nitrogens with zero attached hydrogens (tertiary/aromatic N) is 3. The van der Waals surface area contributed by atoms with Crippen molar-refractivity contribution in [1.82, 2.24) is 15.0 Å². The predicted molar refractivity (Wildman–Crippen MR) is 99.9 cm³/mol. The van der Waals surface area contributed by atoms with Gasteiger partial charge in [-0.2, -0.15) is 0 Å². The molecular formula is C20H15N3OS. The number of rotatable bonds is 4. The summed E-state index contributed by atoms with van der Waals surface area (Å²) in [5.74, 6) is 1.52. The van der Waals surface area contributed by atoms with E-state index in [0.29, 0.717) is 5.82 Å². The Balaban J connectivity index is 1.80. The average molecular weight is 345 g/mol. The van der Waals surface area contributed by atoms with E-state index in [-0.39, 0.29) is 0 Å². The second-order valence-electron chi connectivity index (χ2n) is 5.39. The third kappa shape index (κ3) is 3.32. The zero-order valence-corrected chi connectivity index (χ0v) is 14.4. The molecule has 2 heterocycles. The summed E-state index contributed by atoms with van der Waals surface area (Å²) in [5, 5.41) is 1.96. The van der Waals surface area contributed by atoms with Gasteiger partial charge in [-0.25, -0.2) is 9.97 Å². The number of hydrogen-bond donors (Lipinski definition) is 0. The maximum Gasteiger partial charge on any atom is 0.162 e. The van der Waals surface area contributed by atoms with Gasteiger partial charge < -0.3 is 4.74 Å². The largest absolute Gasteiger partial charge is 0.497 e. The highest BCUT2D eigenvalue weighted by atomic mass is 32.2. The Kier molecular flexibility index (Phi) is 4.31. The van der Waals surface area contributed by atoms with Crippen molar-refractivity contribution in [2.24, 2.45) is 0 Å². The first kappa shape index (κ1) is 15.6. The maximum atomic E-state index is 5.22. The van der Waals surface area contributed by atoms with Gasteiger partial charge in [0.15, 0.2) is 5.82 Å². The summed E-state index contributed by atoms with van der Waals surface area (Å²) in [4.78, 5) is 14.8. The highest BCUT2D eigenvalue weighted by molar-refractivity contribution is 7.99. The molecule has 4 nitrogen and oxygen atoms in total. The molecule has 4 rings (SSSR count). The highest BCUT2D eigenvalue weighted by Crippen LogP contribution is 2.33. The Hall–Kier alpha value is -2.92. The van der Waals surface area contributed by atoms with E-state index in [1.165, 1.54) is 0 Å². The van der Waals surface area contributed by atoms with Crippen molar-refractivity contribution >= 4 is 22.7 Å². The number of fused-ring (bicyclic) bond motifs is 1. The smallest absolute Gasteiger partial charge is 0.162 e. The van der Waals surface area contributed by atoms with E-state index in [0.717, 1.165) is 32.1 Å². The van der Waals surface area contributed by atoms with Crippen LogP contribution in [0, 0.1) is 0 Å². The normalized spacial score (nSPS) is 10.8. The molecule has 122 valence electrons. The predicted octanol–water partition coefficient (Wildman–Crippen LogP) is 4.85. The maximum absolute atomic E-state index is 5.22. The molecule has 2 aromatic carbocycles. The lowest BCUT2D eigenvalue weighted by Crippen LogP contribution is -1.94. The number of benzene rings is 2. The minimum absolute atomic E-state index is 0.683. The zero-order chi connectivity index (χ0) is 17.1. The van der Waals surface area contributed by atoms with E-state index in [1.54, 1.807) is 31.3 Å². The number of para-hydroxylation sites is 1. The average Bonchev–Trinajstić information content (AvgIpc) is 2.69. The summed E-state index contributed by atoms with van der Waals surface area (Å²) in [6, 6.07) is 19.9. The number of aromatic nitrogens is 3. The molecule has 0 fully saturated rings. The molecule has 0 N–H and O–H groups in total. The van der Waals surface area contributed by atoms with Crippen LogP contribution in [0.1, 0.15) is 0 Å². The van der Waals surface area contributed by atoms with E-state index in [4.69, 9.17) is 14.7 Å². The van der Waals surface area contributed by atoms with Crippen molar-refractivity contribution in [3.8, 4) is 17.1 Å². The Morgan fingerprint density at radius 1 is 0.880 bits per heavy atom. The van der Waals surface area contributed by atoms with Crippen LogP contribution in [0.15, 0.2) is 83.0 Å². The van der Waals surface area contributed by atoms with Crippen LogP contribution in [0.2, 0.25) is 0 Å². The lowest BCUT2D eigenvalue weighted by molar-refractivity contribution is 0.414. The first-order chi connectivity index (χ1) is 12.3. The fraction of sp³-hybridized carbons (Fsp3) is 0.0500. The molecular weight excluding hydrogens is 330 g/mol. The van der Waals surface area contributed by atoms with E-state index in [1.807, 2.05) is 60.7 Å². The lowest BCUT2D eigenvalue weighted by atomic mass is 10.2. The molecule has 0 aliphatic rings. The topological polar surface area (TPSA) is 47.9 Å². The fourth-order valence-electron chi connectivity index (χ4n) is 2.50. The molecule has 4 aromatic rings. The summed E-state index contributed by atoms with van der Waals surface area (Å²) >= 11 is 1.62. The summed E-state index contributed by atoms with van der Waals surface area (Å²) < 4.78 is 5.22. The number of ether oxygens (including phenoxy) is 1. The summed E-state index contributed by atoms with van der Waals surface area (Å²) in [5.41, 5.74) is 1.83. The van der Waals surface area contributed by atoms with Crippen molar-refractivity contribution in [3.05, 3.63) is 73.1 Å². The molecule has 0 saturated heterocycles. The number of pyridine rings is 1. The fourth-order valence-corrected chi connectivity index (χ4v) is 3.41. The van der Waals surface area contributed by atoms with Gasteiger partial charge in [0.05, 0.1) is 12.6 Å². The lowest BCUT2D eigenvalue weighted by Gasteiger charge is -2.09. The van der Waals surface area contributed by atoms with Crippen molar-refractivity contribution in [2.45, 2.75) is 9.92 Å². The second kappa shape index (κ2) is 6.91. The van der Waals surface area contributed by atoms with Crippen LogP contribution in [0.25, 0.3) is 22.3 Å². The van der Waals surface area contributed by atoms with E-state index >= 15 is 0 Å². The van der Waals surface area contributed by atoms with Gasteiger partial charge in [0.2, 0.25) is 0 Å². The quantitative estimate of drug-likeness (QED) is 0.495. The van der Waals surface area contributed by atoms with Crippen LogP contribution < -0.4 is 4.74 Å². The Morgan fingerprint density at radius 2 is 1.72 bits per heavy atom. The third-order valence-corrected chi connectivity index (χ3v) is 4.77. The van der Waals surface area contributed by atoms with Crippen molar-refractivity contribution < 1.29 is 4.74 Å². The molecule has 0 unspecified atom stereocenters. The number of hydrogen-bond acceptors (Lipinski definition) is 5. The SMILES string of the molecule is COc1ccc(Sc2nc(-c3cccnc3)nc3ccccc23)cc1. The van der Waals surface area contributed by atoms with E-state index < -0.39 is 0 Å². The van der Waals surface area contributed by atoms with E-state index in [9.17, 15) is 0 Å². The Labute approximate surface area is 149 Å². The number of methoxy groups -OCH3 is 1. The van der Waals surface area contributed by atoms with Crippen LogP contribution in [0.5, 0.6) is 5.75 Å². The minimum atomic E-state index is 0.683. The molecule has 0 aliphatic heterocycles. The van der Waals surface area contributed by atoms with Crippen molar-refractivity contribution in [1.29, 1.82) is 0 Å². The van der Waals surface area contributed by atoms with Crippen molar-refractivity contribution in [3.63, 3.8) is 0 Å². The van der Waals surface area contributed by atoms with Gasteiger partial charge in [0, 0.05) is 28.2 Å². The Bertz CT molecular complexity index is 1000. The van der Waals surface area contributed by atoms with Crippen molar-refractivity contribution in [2.75, 3.05) is 7.11 Å². The van der Waals surface area contributed by atoms with Gasteiger partial charge in [0.25, 0.3) is 0 Å². The monoisotopic (exact) mass is 345 g/mol. The zero-order valence-electron chi connectivity index (χ0n) is 13.6. The van der Waals surface area contributed by atoms with Gasteiger partial charge in [-0.3, -0.25) is 4.98 Å². The standard InChI is InChI=1S/C20H15N3OS/c1-24-15-8-10-16(11-9-15)25-20-17-6-2-3-7-18(17)22-19(23-20)14-5-4-12-21-13-14/h2-13H,1H3. The third-order valence-electron chi connectivity index (χ3n) is 3.76. The molecule has 0 radical (unpaired) electrons. The summed E-state index contributed by atoms with van der Waals surface area (Å²) in [7, 11) is 1.67. The molecule has 0 aliphatic carbocycles. The van der Waals surface area contributed by atoms with Gasteiger partial charge in [-0.15, -0.1) is 0 Å². The van der Waals surface area contributed by atoms with E-state index in [2.05, 4.69) is 4.98 Å². The molecule has 2 aromatic heterocycles. The molecule has 0 amide bonds. The summed E-state index contributed by atoms with van der Waals surface area (Å²) in [6.45, 7) is 0. The van der Waals surface area contributed by atoms with Crippen LogP contribution in [-0.4, -0.2) is 22.1 Å². The highest BCUT2D eigenvalue weighted by Gasteiger charge is 2.11. The van der Waals surface area contributed by atoms with Crippen LogP contribution >= 0.6 is 11.8 Å². The first-order valence-corrected chi connectivity index (χ1v) is 8.64. The first-order valence-electron chi connectivity index (χ1n) is 7.82. The molecule has 0 spiro atoms. The van der Waals surface area contributed by atoms with Gasteiger partial charge in [-0.1, -0.05) is 30.0 Å². The molecule has 0 bridgehead atoms. The molecule has 0 atom stereocenters. The molecule has 25 heavy (non-hydrogen) atoms. The molecule has 0 saturated carbocycles. The summed E-state index contributed by atoms with van der Waals surface area (Å²) in [6.07, 6.45) is 3.53. The van der Waals surface area contributed by atoms with Crippen LogP contribution in [0.3, 0.4) is 0 Å². The van der Waals surface area contributed by atoms with Gasteiger partial charge in [0.1, 0.15) is 10.8 Å².